The molecule has 4 N–H and O–H groups in total. The standard InChI is InChI=1S/C5H12N2O2.Cu/c1-3(6)5(7)9-4(2)8;/h3,5H,6-7H2,1-2H3;. The average Bonchev–Trinajstić information content (AvgIpc) is 1.63. The van der Waals surface area contributed by atoms with Crippen molar-refractivity contribution < 1.29 is 26.6 Å². The van der Waals surface area contributed by atoms with Gasteiger partial charge in [-0.25, -0.2) is 0 Å². The van der Waals surface area contributed by atoms with Crippen LogP contribution in [0, 0.1) is 0 Å². The summed E-state index contributed by atoms with van der Waals surface area (Å²) in [6.45, 7) is 2.97. The maximum absolute atomic E-state index is 10.2. The Kier molecular flexibility index (Phi) is 7.14. The van der Waals surface area contributed by atoms with Gasteiger partial charge >= 0.3 is 5.97 Å². The van der Waals surface area contributed by atoms with E-state index in [1.807, 2.05) is 0 Å². The van der Waals surface area contributed by atoms with Crippen LogP contribution < -0.4 is 11.5 Å². The van der Waals surface area contributed by atoms with Crippen LogP contribution >= 0.6 is 0 Å². The molecular formula is C5H12CuN2O2. The summed E-state index contributed by atoms with van der Waals surface area (Å²) in [6.07, 6.45) is -0.678. The Morgan fingerprint density at radius 1 is 1.50 bits per heavy atom. The monoisotopic (exact) mass is 195 g/mol. The third-order valence-electron chi connectivity index (χ3n) is 0.820. The van der Waals surface area contributed by atoms with Crippen LogP contribution in [0.1, 0.15) is 13.8 Å². The van der Waals surface area contributed by atoms with Crippen LogP contribution in [-0.4, -0.2) is 18.2 Å². The molecule has 0 aromatic heterocycles. The molecule has 0 heterocycles. The van der Waals surface area contributed by atoms with Crippen LogP contribution in [0.4, 0.5) is 0 Å². The summed E-state index contributed by atoms with van der Waals surface area (Å²) in [5, 5.41) is 0. The second kappa shape index (κ2) is 5.68. The molecule has 10 heavy (non-hydrogen) atoms. The van der Waals surface area contributed by atoms with Gasteiger partial charge in [-0.3, -0.25) is 10.5 Å². The molecule has 0 bridgehead atoms. The third kappa shape index (κ3) is 6.04. The molecule has 2 unspecified atom stereocenters. The van der Waals surface area contributed by atoms with Gasteiger partial charge in [0.1, 0.15) is 0 Å². The van der Waals surface area contributed by atoms with E-state index in [0.29, 0.717) is 0 Å². The molecule has 65 valence electrons. The van der Waals surface area contributed by atoms with E-state index in [9.17, 15) is 4.79 Å². The minimum absolute atomic E-state index is 0. The van der Waals surface area contributed by atoms with Crippen LogP contribution in [-0.2, 0) is 26.6 Å². The predicted molar refractivity (Wildman–Crippen MR) is 33.4 cm³/mol. The van der Waals surface area contributed by atoms with E-state index in [0.717, 1.165) is 0 Å². The fraction of sp³-hybridized carbons (Fsp3) is 0.800. The number of nitrogens with two attached hydrogens (primary N) is 2. The fourth-order valence-corrected chi connectivity index (χ4v) is 0.299. The third-order valence-corrected chi connectivity index (χ3v) is 0.820. The average molecular weight is 196 g/mol. The van der Waals surface area contributed by atoms with E-state index in [-0.39, 0.29) is 23.1 Å². The van der Waals surface area contributed by atoms with Gasteiger partial charge in [-0.1, -0.05) is 0 Å². The summed E-state index contributed by atoms with van der Waals surface area (Å²) < 4.78 is 4.53. The topological polar surface area (TPSA) is 78.3 Å². The van der Waals surface area contributed by atoms with Gasteiger partial charge in [-0.15, -0.1) is 0 Å². The summed E-state index contributed by atoms with van der Waals surface area (Å²) in [5.41, 5.74) is 10.5. The van der Waals surface area contributed by atoms with Crippen molar-refractivity contribution in [2.45, 2.75) is 26.1 Å². The number of ether oxygens (including phenoxy) is 1. The molecule has 0 spiro atoms. The molecule has 1 radical (unpaired) electrons. The van der Waals surface area contributed by atoms with E-state index >= 15 is 0 Å². The maximum atomic E-state index is 10.2. The van der Waals surface area contributed by atoms with Gasteiger partial charge < -0.3 is 10.5 Å². The molecule has 0 aromatic carbocycles. The Bertz CT molecular complexity index is 108. The quantitative estimate of drug-likeness (QED) is 0.343. The Hall–Kier alpha value is -0.0905. The summed E-state index contributed by atoms with van der Waals surface area (Å²) >= 11 is 0. The number of carbonyl (C=O) groups excluding carboxylic acids is 1. The molecule has 0 amide bonds. The molecule has 4 nitrogen and oxygen atoms in total. The van der Waals surface area contributed by atoms with Crippen molar-refractivity contribution >= 4 is 5.97 Å². The second-order valence-corrected chi connectivity index (χ2v) is 1.93. The van der Waals surface area contributed by atoms with Crippen molar-refractivity contribution in [1.29, 1.82) is 0 Å². The molecule has 0 aromatic rings. The van der Waals surface area contributed by atoms with E-state index in [1.165, 1.54) is 6.92 Å². The van der Waals surface area contributed by atoms with Gasteiger partial charge in [-0.05, 0) is 6.92 Å². The summed E-state index contributed by atoms with van der Waals surface area (Å²) in [7, 11) is 0. The fourth-order valence-electron chi connectivity index (χ4n) is 0.299. The van der Waals surface area contributed by atoms with Gasteiger partial charge in [0.15, 0.2) is 6.23 Å². The number of esters is 1. The first kappa shape index (κ1) is 12.6. The van der Waals surface area contributed by atoms with Gasteiger partial charge in [0.05, 0.1) is 6.04 Å². The van der Waals surface area contributed by atoms with Gasteiger partial charge in [0.25, 0.3) is 0 Å². The van der Waals surface area contributed by atoms with Gasteiger partial charge in [0, 0.05) is 24.0 Å². The first-order valence-electron chi connectivity index (χ1n) is 2.72. The molecule has 0 rings (SSSR count). The van der Waals surface area contributed by atoms with Crippen LogP contribution in [0.3, 0.4) is 0 Å². The zero-order valence-electron chi connectivity index (χ0n) is 5.93. The Morgan fingerprint density at radius 2 is 1.90 bits per heavy atom. The molecule has 0 aliphatic heterocycles. The van der Waals surface area contributed by atoms with E-state index < -0.39 is 12.2 Å². The van der Waals surface area contributed by atoms with Gasteiger partial charge in [0.2, 0.25) is 0 Å². The van der Waals surface area contributed by atoms with Crippen LogP contribution in [0.2, 0.25) is 0 Å². The van der Waals surface area contributed by atoms with Crippen molar-refractivity contribution in [3.05, 3.63) is 0 Å². The predicted octanol–water partition coefficient (Wildman–Crippen LogP) is -0.821. The van der Waals surface area contributed by atoms with Gasteiger partial charge in [-0.2, -0.15) is 0 Å². The molecule has 0 fully saturated rings. The Labute approximate surface area is 70.7 Å². The Morgan fingerprint density at radius 3 is 2.00 bits per heavy atom. The summed E-state index contributed by atoms with van der Waals surface area (Å²) in [4.78, 5) is 10.2. The smallest absolute Gasteiger partial charge is 0.304 e. The zero-order chi connectivity index (χ0) is 7.44. The van der Waals surface area contributed by atoms with Crippen molar-refractivity contribution in [2.24, 2.45) is 11.5 Å². The molecule has 0 aliphatic carbocycles. The molecular weight excluding hydrogens is 184 g/mol. The van der Waals surface area contributed by atoms with Crippen molar-refractivity contribution in [1.82, 2.24) is 0 Å². The molecule has 2 atom stereocenters. The van der Waals surface area contributed by atoms with E-state index in [1.54, 1.807) is 6.92 Å². The maximum Gasteiger partial charge on any atom is 0.304 e. The number of hydrogen-bond donors (Lipinski definition) is 2. The Balaban J connectivity index is 0. The van der Waals surface area contributed by atoms with Crippen molar-refractivity contribution in [3.63, 3.8) is 0 Å². The van der Waals surface area contributed by atoms with Crippen molar-refractivity contribution in [3.8, 4) is 0 Å². The second-order valence-electron chi connectivity index (χ2n) is 1.93. The number of carbonyl (C=O) groups is 1. The van der Waals surface area contributed by atoms with Crippen LogP contribution in [0.15, 0.2) is 0 Å². The normalized spacial score (nSPS) is 14.8. The molecule has 5 heteroatoms. The largest absolute Gasteiger partial charge is 0.445 e. The zero-order valence-corrected chi connectivity index (χ0v) is 6.87. The SMILES string of the molecule is CC(=O)OC(N)C(C)N.[Cu]. The summed E-state index contributed by atoms with van der Waals surface area (Å²) in [6, 6.07) is -0.311. The first-order valence-corrected chi connectivity index (χ1v) is 2.72. The minimum atomic E-state index is -0.678. The number of hydrogen-bond acceptors (Lipinski definition) is 4. The van der Waals surface area contributed by atoms with E-state index in [2.05, 4.69) is 4.74 Å². The molecule has 0 saturated heterocycles. The number of rotatable bonds is 2. The van der Waals surface area contributed by atoms with Crippen molar-refractivity contribution in [2.75, 3.05) is 0 Å². The summed E-state index contributed by atoms with van der Waals surface area (Å²) in [5.74, 6) is -0.403. The molecule has 0 aliphatic rings. The molecule has 0 saturated carbocycles. The van der Waals surface area contributed by atoms with E-state index in [4.69, 9.17) is 11.5 Å². The van der Waals surface area contributed by atoms with Crippen LogP contribution in [0.25, 0.3) is 0 Å². The first-order chi connectivity index (χ1) is 4.04. The minimum Gasteiger partial charge on any atom is -0.445 e. The van der Waals surface area contributed by atoms with Crippen LogP contribution in [0.5, 0.6) is 0 Å².